The molecular weight excluding hydrogens is 294 g/mol. The molecule has 2 saturated heterocycles. The second kappa shape index (κ2) is 5.08. The average Bonchev–Trinajstić information content (AvgIpc) is 2.72. The quantitative estimate of drug-likeness (QED) is 0.811. The number of amides is 2. The maximum absolute atomic E-state index is 12.4. The number of carbonyl (C=O) groups is 2. The Balaban J connectivity index is 2.06. The molecule has 1 spiro atoms. The molecule has 3 atom stereocenters. The van der Waals surface area contributed by atoms with E-state index >= 15 is 0 Å². The van der Waals surface area contributed by atoms with E-state index in [1.54, 1.807) is 12.1 Å². The summed E-state index contributed by atoms with van der Waals surface area (Å²) in [6.45, 7) is 2.13. The van der Waals surface area contributed by atoms with E-state index < -0.39 is 0 Å². The number of rotatable bonds is 1. The molecule has 2 fully saturated rings. The Morgan fingerprint density at radius 3 is 2.60 bits per heavy atom. The number of halogens is 1. The normalized spacial score (nSPS) is 33.5. The smallest absolute Gasteiger partial charge is 0.234 e. The van der Waals surface area contributed by atoms with Crippen LogP contribution in [0.1, 0.15) is 31.2 Å². The molecule has 2 heterocycles. The van der Waals surface area contributed by atoms with Crippen molar-refractivity contribution in [1.29, 1.82) is 0 Å². The predicted molar refractivity (Wildman–Crippen MR) is 80.9 cm³/mol. The molecule has 3 rings (SSSR count). The minimum absolute atomic E-state index is 0.144. The minimum atomic E-state index is -0.262. The summed E-state index contributed by atoms with van der Waals surface area (Å²) in [4.78, 5) is 24.3. The monoisotopic (exact) mass is 309 g/mol. The van der Waals surface area contributed by atoms with Crippen LogP contribution >= 0.6 is 23.4 Å². The molecule has 5 heteroatoms. The minimum Gasteiger partial charge on any atom is -0.296 e. The Bertz CT molecular complexity index is 559. The van der Waals surface area contributed by atoms with Gasteiger partial charge in [-0.25, -0.2) is 0 Å². The SMILES string of the molecule is CC1SCCC12CC(=O)NC(=O)C2c1ccc(Cl)cc1. The van der Waals surface area contributed by atoms with Gasteiger partial charge in [0.15, 0.2) is 0 Å². The zero-order valence-corrected chi connectivity index (χ0v) is 12.8. The molecule has 1 N–H and O–H groups in total. The van der Waals surface area contributed by atoms with Crippen molar-refractivity contribution in [3.05, 3.63) is 34.9 Å². The lowest BCUT2D eigenvalue weighted by Gasteiger charge is -2.42. The summed E-state index contributed by atoms with van der Waals surface area (Å²) >= 11 is 7.78. The molecule has 0 aromatic heterocycles. The van der Waals surface area contributed by atoms with E-state index in [-0.39, 0.29) is 23.1 Å². The Kier molecular flexibility index (Phi) is 3.55. The number of hydrogen-bond donors (Lipinski definition) is 1. The second-order valence-corrected chi connectivity index (χ2v) is 7.46. The highest BCUT2D eigenvalue weighted by atomic mass is 35.5. The Hall–Kier alpha value is -1.00. The van der Waals surface area contributed by atoms with E-state index in [1.807, 2.05) is 23.9 Å². The van der Waals surface area contributed by atoms with Crippen LogP contribution in [0.15, 0.2) is 24.3 Å². The number of hydrogen-bond acceptors (Lipinski definition) is 3. The molecule has 0 bridgehead atoms. The first-order valence-corrected chi connectivity index (χ1v) is 8.16. The van der Waals surface area contributed by atoms with E-state index in [0.717, 1.165) is 17.7 Å². The van der Waals surface area contributed by atoms with Crippen molar-refractivity contribution < 1.29 is 9.59 Å². The maximum Gasteiger partial charge on any atom is 0.234 e. The Labute approximate surface area is 127 Å². The van der Waals surface area contributed by atoms with Crippen molar-refractivity contribution in [1.82, 2.24) is 5.32 Å². The van der Waals surface area contributed by atoms with Crippen molar-refractivity contribution in [2.24, 2.45) is 5.41 Å². The van der Waals surface area contributed by atoms with Gasteiger partial charge in [0, 0.05) is 22.1 Å². The number of piperidine rings is 1. The van der Waals surface area contributed by atoms with Crippen LogP contribution in [0.4, 0.5) is 0 Å². The number of nitrogens with one attached hydrogen (secondary N) is 1. The number of carbonyl (C=O) groups excluding carboxylic acids is 2. The third-order valence-electron chi connectivity index (χ3n) is 4.54. The van der Waals surface area contributed by atoms with Gasteiger partial charge in [0.1, 0.15) is 0 Å². The van der Waals surface area contributed by atoms with Crippen molar-refractivity contribution in [2.75, 3.05) is 5.75 Å². The lowest BCUT2D eigenvalue weighted by atomic mass is 9.64. The van der Waals surface area contributed by atoms with E-state index in [1.165, 1.54) is 0 Å². The molecule has 1 aromatic carbocycles. The summed E-state index contributed by atoms with van der Waals surface area (Å²) in [5, 5.41) is 3.45. The van der Waals surface area contributed by atoms with Crippen LogP contribution in [0.25, 0.3) is 0 Å². The first kappa shape index (κ1) is 14.0. The average molecular weight is 310 g/mol. The molecular formula is C15H16ClNO2S. The molecule has 0 aliphatic carbocycles. The molecule has 20 heavy (non-hydrogen) atoms. The zero-order valence-electron chi connectivity index (χ0n) is 11.2. The second-order valence-electron chi connectivity index (χ2n) is 5.57. The third-order valence-corrected chi connectivity index (χ3v) is 6.20. The topological polar surface area (TPSA) is 46.2 Å². The molecule has 3 unspecified atom stereocenters. The first-order valence-electron chi connectivity index (χ1n) is 6.74. The van der Waals surface area contributed by atoms with Crippen molar-refractivity contribution in [3.63, 3.8) is 0 Å². The molecule has 2 amide bonds. The van der Waals surface area contributed by atoms with Crippen LogP contribution in [-0.4, -0.2) is 22.8 Å². The van der Waals surface area contributed by atoms with Crippen LogP contribution in [0, 0.1) is 5.41 Å². The Morgan fingerprint density at radius 1 is 1.30 bits per heavy atom. The van der Waals surface area contributed by atoms with E-state index in [0.29, 0.717) is 16.7 Å². The molecule has 0 radical (unpaired) electrons. The summed E-state index contributed by atoms with van der Waals surface area (Å²) < 4.78 is 0. The van der Waals surface area contributed by atoms with Gasteiger partial charge in [-0.1, -0.05) is 30.7 Å². The Morgan fingerprint density at radius 2 is 2.00 bits per heavy atom. The van der Waals surface area contributed by atoms with Crippen molar-refractivity contribution in [2.45, 2.75) is 30.9 Å². The number of thioether (sulfide) groups is 1. The summed E-state index contributed by atoms with van der Waals surface area (Å²) in [5.74, 6) is 0.432. The fraction of sp³-hybridized carbons (Fsp3) is 0.467. The summed E-state index contributed by atoms with van der Waals surface area (Å²) in [5.41, 5.74) is 0.700. The van der Waals surface area contributed by atoms with Gasteiger partial charge in [-0.2, -0.15) is 11.8 Å². The van der Waals surface area contributed by atoms with Crippen LogP contribution in [0.2, 0.25) is 5.02 Å². The lowest BCUT2D eigenvalue weighted by molar-refractivity contribution is -0.140. The van der Waals surface area contributed by atoms with Crippen LogP contribution < -0.4 is 5.32 Å². The highest BCUT2D eigenvalue weighted by Crippen LogP contribution is 2.55. The van der Waals surface area contributed by atoms with Gasteiger partial charge >= 0.3 is 0 Å². The van der Waals surface area contributed by atoms with E-state index in [4.69, 9.17) is 11.6 Å². The lowest BCUT2D eigenvalue weighted by Crippen LogP contribution is -2.52. The van der Waals surface area contributed by atoms with Crippen LogP contribution in [0.3, 0.4) is 0 Å². The molecule has 2 aliphatic rings. The van der Waals surface area contributed by atoms with Gasteiger partial charge in [0.25, 0.3) is 0 Å². The summed E-state index contributed by atoms with van der Waals surface area (Å²) in [7, 11) is 0. The van der Waals surface area contributed by atoms with Gasteiger partial charge in [-0.05, 0) is 29.9 Å². The standard InChI is InChI=1S/C15H16ClNO2S/c1-9-15(6-7-20-9)8-12(18)17-14(19)13(15)10-2-4-11(16)5-3-10/h2-5,9,13H,6-8H2,1H3,(H,17,18,19). The molecule has 2 aliphatic heterocycles. The highest BCUT2D eigenvalue weighted by molar-refractivity contribution is 8.00. The largest absolute Gasteiger partial charge is 0.296 e. The van der Waals surface area contributed by atoms with Gasteiger partial charge < -0.3 is 0 Å². The maximum atomic E-state index is 12.4. The molecule has 1 aromatic rings. The summed E-state index contributed by atoms with van der Waals surface area (Å²) in [6, 6.07) is 7.42. The van der Waals surface area contributed by atoms with Crippen molar-refractivity contribution >= 4 is 35.2 Å². The predicted octanol–water partition coefficient (Wildman–Crippen LogP) is 2.98. The zero-order chi connectivity index (χ0) is 14.3. The highest BCUT2D eigenvalue weighted by Gasteiger charge is 2.54. The molecule has 0 saturated carbocycles. The van der Waals surface area contributed by atoms with Gasteiger partial charge in [-0.3, -0.25) is 14.9 Å². The molecule has 3 nitrogen and oxygen atoms in total. The van der Waals surface area contributed by atoms with E-state index in [2.05, 4.69) is 12.2 Å². The van der Waals surface area contributed by atoms with E-state index in [9.17, 15) is 9.59 Å². The number of imide groups is 1. The van der Waals surface area contributed by atoms with Crippen molar-refractivity contribution in [3.8, 4) is 0 Å². The summed E-state index contributed by atoms with van der Waals surface area (Å²) in [6.07, 6.45) is 1.34. The fourth-order valence-electron chi connectivity index (χ4n) is 3.46. The van der Waals surface area contributed by atoms with Crippen LogP contribution in [0.5, 0.6) is 0 Å². The number of benzene rings is 1. The van der Waals surface area contributed by atoms with Gasteiger partial charge in [0.2, 0.25) is 11.8 Å². The van der Waals surface area contributed by atoms with Gasteiger partial charge in [0.05, 0.1) is 5.92 Å². The first-order chi connectivity index (χ1) is 9.53. The van der Waals surface area contributed by atoms with Crippen LogP contribution in [-0.2, 0) is 9.59 Å². The van der Waals surface area contributed by atoms with Gasteiger partial charge in [-0.15, -0.1) is 0 Å². The third kappa shape index (κ3) is 2.15. The molecule has 106 valence electrons. The fourth-order valence-corrected chi connectivity index (χ4v) is 5.11.